The third kappa shape index (κ3) is 3.45. The Bertz CT molecular complexity index is 612. The van der Waals surface area contributed by atoms with Crippen LogP contribution in [0.25, 0.3) is 5.70 Å². The molecule has 1 heterocycles. The van der Waals surface area contributed by atoms with Crippen LogP contribution in [0.4, 0.5) is 0 Å². The number of carbonyl (C=O) groups excluding carboxylic acids is 1. The number of benzene rings is 1. The number of fused-ring (bicyclic) bond motifs is 1. The maximum absolute atomic E-state index is 12.6. The van der Waals surface area contributed by atoms with Crippen molar-refractivity contribution < 1.29 is 4.79 Å². The van der Waals surface area contributed by atoms with Gasteiger partial charge in [-0.2, -0.15) is 0 Å². The van der Waals surface area contributed by atoms with E-state index in [2.05, 4.69) is 53.3 Å². The van der Waals surface area contributed by atoms with Crippen LogP contribution in [0.15, 0.2) is 28.7 Å². The van der Waals surface area contributed by atoms with Crippen molar-refractivity contribution in [1.82, 2.24) is 5.32 Å². The van der Waals surface area contributed by atoms with E-state index < -0.39 is 0 Å². The first-order valence-electron chi connectivity index (χ1n) is 8.27. The summed E-state index contributed by atoms with van der Waals surface area (Å²) in [6.07, 6.45) is 8.62. The molecule has 1 aromatic carbocycles. The highest BCUT2D eigenvalue weighted by atomic mass is 79.9. The van der Waals surface area contributed by atoms with Gasteiger partial charge in [0, 0.05) is 33.3 Å². The quantitative estimate of drug-likeness (QED) is 0.761. The number of allylic oxidation sites excluding steroid dienone is 1. The summed E-state index contributed by atoms with van der Waals surface area (Å²) in [4.78, 5) is 12.6. The molecule has 3 rings (SSSR count). The summed E-state index contributed by atoms with van der Waals surface area (Å²) in [6, 6.07) is 6.34. The first kappa shape index (κ1) is 15.8. The topological polar surface area (TPSA) is 29.1 Å². The SMILES string of the molecule is CC1(C)Cc2cc(Br)ccc2/C(=C/C(=O)C2CCCCC2)N1. The Morgan fingerprint density at radius 2 is 2.00 bits per heavy atom. The van der Waals surface area contributed by atoms with Crippen LogP contribution in [0.1, 0.15) is 57.1 Å². The molecule has 1 N–H and O–H groups in total. The van der Waals surface area contributed by atoms with Crippen LogP contribution >= 0.6 is 15.9 Å². The lowest BCUT2D eigenvalue weighted by Crippen LogP contribution is -2.44. The summed E-state index contributed by atoms with van der Waals surface area (Å²) < 4.78 is 1.10. The van der Waals surface area contributed by atoms with Crippen LogP contribution < -0.4 is 5.32 Å². The number of nitrogens with one attached hydrogen (secondary N) is 1. The van der Waals surface area contributed by atoms with E-state index in [4.69, 9.17) is 0 Å². The molecule has 2 nitrogen and oxygen atoms in total. The van der Waals surface area contributed by atoms with Crippen molar-refractivity contribution in [2.24, 2.45) is 5.92 Å². The van der Waals surface area contributed by atoms with Crippen LogP contribution in [0.2, 0.25) is 0 Å². The molecule has 0 saturated heterocycles. The summed E-state index contributed by atoms with van der Waals surface area (Å²) in [5, 5.41) is 3.56. The van der Waals surface area contributed by atoms with E-state index in [1.807, 2.05) is 6.08 Å². The Hall–Kier alpha value is -1.09. The fraction of sp³-hybridized carbons (Fsp3) is 0.526. The van der Waals surface area contributed by atoms with Crippen molar-refractivity contribution in [1.29, 1.82) is 0 Å². The number of carbonyl (C=O) groups is 1. The number of rotatable bonds is 2. The summed E-state index contributed by atoms with van der Waals surface area (Å²) in [5.74, 6) is 0.528. The minimum absolute atomic E-state index is 0.0214. The van der Waals surface area contributed by atoms with Crippen molar-refractivity contribution >= 4 is 27.4 Å². The van der Waals surface area contributed by atoms with Gasteiger partial charge in [0.05, 0.1) is 0 Å². The van der Waals surface area contributed by atoms with E-state index in [-0.39, 0.29) is 11.5 Å². The minimum Gasteiger partial charge on any atom is -0.379 e. The van der Waals surface area contributed by atoms with Crippen LogP contribution in [-0.4, -0.2) is 11.3 Å². The number of hydrogen-bond donors (Lipinski definition) is 1. The first-order valence-corrected chi connectivity index (χ1v) is 9.06. The van der Waals surface area contributed by atoms with Gasteiger partial charge in [-0.15, -0.1) is 0 Å². The summed E-state index contributed by atoms with van der Waals surface area (Å²) in [5.41, 5.74) is 3.45. The number of hydrogen-bond acceptors (Lipinski definition) is 2. The van der Waals surface area contributed by atoms with Crippen molar-refractivity contribution in [3.05, 3.63) is 39.9 Å². The lowest BCUT2D eigenvalue weighted by molar-refractivity contribution is -0.119. The standard InChI is InChI=1S/C19H24BrNO/c1-19(2)12-14-10-15(20)8-9-16(14)17(21-19)11-18(22)13-6-4-3-5-7-13/h8-11,13,21H,3-7,12H2,1-2H3/b17-11-. The van der Waals surface area contributed by atoms with Crippen molar-refractivity contribution in [3.63, 3.8) is 0 Å². The predicted molar refractivity (Wildman–Crippen MR) is 94.6 cm³/mol. The smallest absolute Gasteiger partial charge is 0.160 e. The average Bonchev–Trinajstić information content (AvgIpc) is 2.46. The Morgan fingerprint density at radius 1 is 1.27 bits per heavy atom. The van der Waals surface area contributed by atoms with Crippen LogP contribution in [0.3, 0.4) is 0 Å². The molecule has 1 fully saturated rings. The number of ketones is 1. The molecule has 3 heteroatoms. The molecule has 0 radical (unpaired) electrons. The van der Waals surface area contributed by atoms with Gasteiger partial charge in [-0.1, -0.05) is 41.3 Å². The largest absolute Gasteiger partial charge is 0.379 e. The van der Waals surface area contributed by atoms with Gasteiger partial charge in [0.2, 0.25) is 0 Å². The second-order valence-electron chi connectivity index (χ2n) is 7.28. The molecular formula is C19H24BrNO. The lowest BCUT2D eigenvalue weighted by Gasteiger charge is -2.36. The average molecular weight is 362 g/mol. The zero-order valence-electron chi connectivity index (χ0n) is 13.4. The maximum Gasteiger partial charge on any atom is 0.160 e. The third-order valence-corrected chi connectivity index (χ3v) is 5.25. The van der Waals surface area contributed by atoms with Gasteiger partial charge in [0.25, 0.3) is 0 Å². The molecule has 0 atom stereocenters. The van der Waals surface area contributed by atoms with Crippen molar-refractivity contribution in [3.8, 4) is 0 Å². The van der Waals surface area contributed by atoms with E-state index in [0.29, 0.717) is 5.78 Å². The van der Waals surface area contributed by atoms with Crippen molar-refractivity contribution in [2.45, 2.75) is 57.9 Å². The van der Waals surface area contributed by atoms with Gasteiger partial charge in [0.15, 0.2) is 5.78 Å². The van der Waals surface area contributed by atoms with Gasteiger partial charge >= 0.3 is 0 Å². The molecular weight excluding hydrogens is 338 g/mol. The molecule has 118 valence electrons. The van der Waals surface area contributed by atoms with Crippen LogP contribution in [-0.2, 0) is 11.2 Å². The van der Waals surface area contributed by atoms with Gasteiger partial charge in [-0.05, 0) is 50.8 Å². The highest BCUT2D eigenvalue weighted by molar-refractivity contribution is 9.10. The van der Waals surface area contributed by atoms with Gasteiger partial charge < -0.3 is 5.32 Å². The van der Waals surface area contributed by atoms with E-state index in [1.165, 1.54) is 30.4 Å². The fourth-order valence-corrected chi connectivity index (χ4v) is 4.09. The van der Waals surface area contributed by atoms with E-state index >= 15 is 0 Å². The molecule has 0 bridgehead atoms. The normalized spacial score (nSPS) is 23.0. The monoisotopic (exact) mass is 361 g/mol. The van der Waals surface area contributed by atoms with Crippen molar-refractivity contribution in [2.75, 3.05) is 0 Å². The zero-order chi connectivity index (χ0) is 15.7. The Morgan fingerprint density at radius 3 is 2.73 bits per heavy atom. The molecule has 2 aliphatic rings. The molecule has 0 aromatic heterocycles. The summed E-state index contributed by atoms with van der Waals surface area (Å²) >= 11 is 3.55. The molecule has 0 unspecified atom stereocenters. The van der Waals surface area contributed by atoms with Crippen LogP contribution in [0, 0.1) is 5.92 Å². The van der Waals surface area contributed by atoms with Gasteiger partial charge in [-0.25, -0.2) is 0 Å². The summed E-state index contributed by atoms with van der Waals surface area (Å²) in [6.45, 7) is 4.38. The highest BCUT2D eigenvalue weighted by Crippen LogP contribution is 2.32. The molecule has 1 aromatic rings. The predicted octanol–water partition coefficient (Wildman–Crippen LogP) is 4.86. The van der Waals surface area contributed by atoms with Gasteiger partial charge in [0.1, 0.15) is 0 Å². The highest BCUT2D eigenvalue weighted by Gasteiger charge is 2.29. The Balaban J connectivity index is 1.92. The molecule has 22 heavy (non-hydrogen) atoms. The molecule has 1 saturated carbocycles. The molecule has 0 spiro atoms. The summed E-state index contributed by atoms with van der Waals surface area (Å²) in [7, 11) is 0. The first-order chi connectivity index (χ1) is 10.4. The molecule has 0 amide bonds. The van der Waals surface area contributed by atoms with E-state index in [1.54, 1.807) is 0 Å². The second-order valence-corrected chi connectivity index (χ2v) is 8.20. The minimum atomic E-state index is -0.0214. The second kappa shape index (κ2) is 6.19. The molecule has 1 aliphatic carbocycles. The Labute approximate surface area is 141 Å². The van der Waals surface area contributed by atoms with Crippen LogP contribution in [0.5, 0.6) is 0 Å². The van der Waals surface area contributed by atoms with E-state index in [0.717, 1.165) is 29.4 Å². The molecule has 1 aliphatic heterocycles. The van der Waals surface area contributed by atoms with E-state index in [9.17, 15) is 4.79 Å². The zero-order valence-corrected chi connectivity index (χ0v) is 15.0. The van der Waals surface area contributed by atoms with Gasteiger partial charge in [-0.3, -0.25) is 4.79 Å². The number of halogens is 1. The third-order valence-electron chi connectivity index (χ3n) is 4.76. The lowest BCUT2D eigenvalue weighted by atomic mass is 9.83. The maximum atomic E-state index is 12.6. The fourth-order valence-electron chi connectivity index (χ4n) is 3.68. The Kier molecular flexibility index (Phi) is 4.44.